The molecule has 0 fully saturated rings. The number of aromatic nitrogens is 1. The first-order chi connectivity index (χ1) is 9.11. The molecular formula is C13H11ClFN3O. The number of amides is 1. The molecule has 2 aromatic rings. The Morgan fingerprint density at radius 1 is 1.32 bits per heavy atom. The number of nitrogens with one attached hydrogen (secondary N) is 2. The number of hydrogen-bond donors (Lipinski definition) is 2. The van der Waals surface area contributed by atoms with E-state index in [1.165, 1.54) is 18.3 Å². The molecule has 0 aliphatic heterocycles. The van der Waals surface area contributed by atoms with E-state index in [-0.39, 0.29) is 5.69 Å². The summed E-state index contributed by atoms with van der Waals surface area (Å²) >= 11 is 5.86. The zero-order valence-corrected chi connectivity index (χ0v) is 10.8. The van der Waals surface area contributed by atoms with Gasteiger partial charge in [-0.1, -0.05) is 11.6 Å². The molecule has 0 unspecified atom stereocenters. The van der Waals surface area contributed by atoms with Crippen LogP contribution in [0.4, 0.5) is 15.8 Å². The second kappa shape index (κ2) is 5.67. The van der Waals surface area contributed by atoms with Crippen molar-refractivity contribution in [1.29, 1.82) is 0 Å². The van der Waals surface area contributed by atoms with Crippen LogP contribution in [-0.2, 0) is 0 Å². The predicted octanol–water partition coefficient (Wildman–Crippen LogP) is 3.17. The first-order valence-electron chi connectivity index (χ1n) is 5.50. The number of hydrogen-bond acceptors (Lipinski definition) is 3. The van der Waals surface area contributed by atoms with Gasteiger partial charge in [-0.3, -0.25) is 9.78 Å². The molecule has 2 N–H and O–H groups in total. The van der Waals surface area contributed by atoms with Gasteiger partial charge < -0.3 is 10.6 Å². The van der Waals surface area contributed by atoms with Gasteiger partial charge in [0.1, 0.15) is 0 Å². The molecule has 0 atom stereocenters. The van der Waals surface area contributed by atoms with Gasteiger partial charge in [0.2, 0.25) is 0 Å². The zero-order chi connectivity index (χ0) is 13.8. The van der Waals surface area contributed by atoms with E-state index >= 15 is 0 Å². The largest absolute Gasteiger partial charge is 0.387 e. The Labute approximate surface area is 114 Å². The second-order valence-electron chi connectivity index (χ2n) is 3.75. The van der Waals surface area contributed by atoms with Gasteiger partial charge in [0, 0.05) is 24.0 Å². The normalized spacial score (nSPS) is 10.1. The van der Waals surface area contributed by atoms with Crippen LogP contribution in [0.15, 0.2) is 36.7 Å². The van der Waals surface area contributed by atoms with Crippen LogP contribution in [-0.4, -0.2) is 17.9 Å². The van der Waals surface area contributed by atoms with Crippen LogP contribution in [0.3, 0.4) is 0 Å². The average molecular weight is 280 g/mol. The highest BCUT2D eigenvalue weighted by atomic mass is 35.5. The Morgan fingerprint density at radius 3 is 2.79 bits per heavy atom. The summed E-state index contributed by atoms with van der Waals surface area (Å²) in [6, 6.07) is 6.25. The topological polar surface area (TPSA) is 54.0 Å². The van der Waals surface area contributed by atoms with Crippen molar-refractivity contribution in [2.75, 3.05) is 17.7 Å². The highest BCUT2D eigenvalue weighted by molar-refractivity contribution is 6.31. The summed E-state index contributed by atoms with van der Waals surface area (Å²) in [5.41, 5.74) is 1.02. The van der Waals surface area contributed by atoms with Gasteiger partial charge in [0.05, 0.1) is 17.4 Å². The summed E-state index contributed by atoms with van der Waals surface area (Å²) in [6.45, 7) is 0. The van der Waals surface area contributed by atoms with Crippen LogP contribution in [0.5, 0.6) is 0 Å². The molecular weight excluding hydrogens is 269 g/mol. The van der Waals surface area contributed by atoms with Gasteiger partial charge in [-0.25, -0.2) is 4.39 Å². The van der Waals surface area contributed by atoms with Crippen molar-refractivity contribution in [3.63, 3.8) is 0 Å². The number of carbonyl (C=O) groups excluding carboxylic acids is 1. The van der Waals surface area contributed by atoms with Gasteiger partial charge in [-0.2, -0.15) is 0 Å². The van der Waals surface area contributed by atoms with Crippen molar-refractivity contribution in [2.24, 2.45) is 0 Å². The molecule has 2 rings (SSSR count). The summed E-state index contributed by atoms with van der Waals surface area (Å²) in [4.78, 5) is 15.7. The molecule has 98 valence electrons. The van der Waals surface area contributed by atoms with Crippen LogP contribution < -0.4 is 10.6 Å². The Morgan fingerprint density at radius 2 is 2.11 bits per heavy atom. The van der Waals surface area contributed by atoms with Crippen molar-refractivity contribution in [3.8, 4) is 0 Å². The quantitative estimate of drug-likeness (QED) is 0.907. The lowest BCUT2D eigenvalue weighted by Crippen LogP contribution is -2.15. The molecule has 0 spiro atoms. The zero-order valence-electron chi connectivity index (χ0n) is 10.1. The van der Waals surface area contributed by atoms with Crippen LogP contribution in [0.2, 0.25) is 5.02 Å². The fraction of sp³-hybridized carbons (Fsp3) is 0.0769. The maximum absolute atomic E-state index is 13.4. The van der Waals surface area contributed by atoms with E-state index in [1.54, 1.807) is 19.2 Å². The number of rotatable bonds is 3. The van der Waals surface area contributed by atoms with Gasteiger partial charge in [0.25, 0.3) is 5.91 Å². The summed E-state index contributed by atoms with van der Waals surface area (Å²) in [5.74, 6) is -1.04. The molecule has 1 heterocycles. The Kier molecular flexibility index (Phi) is 3.97. The average Bonchev–Trinajstić information content (AvgIpc) is 2.41. The molecule has 19 heavy (non-hydrogen) atoms. The number of pyridine rings is 1. The third-order valence-electron chi connectivity index (χ3n) is 2.52. The van der Waals surface area contributed by atoms with Crippen LogP contribution in [0.25, 0.3) is 0 Å². The number of benzene rings is 1. The molecule has 1 aromatic heterocycles. The highest BCUT2D eigenvalue weighted by Gasteiger charge is 2.13. The summed E-state index contributed by atoms with van der Waals surface area (Å²) < 4.78 is 13.4. The van der Waals surface area contributed by atoms with Crippen molar-refractivity contribution >= 4 is 28.9 Å². The van der Waals surface area contributed by atoms with Gasteiger partial charge in [0.15, 0.2) is 5.82 Å². The van der Waals surface area contributed by atoms with Gasteiger partial charge >= 0.3 is 0 Å². The van der Waals surface area contributed by atoms with Gasteiger partial charge in [-0.15, -0.1) is 0 Å². The lowest BCUT2D eigenvalue weighted by Gasteiger charge is -2.10. The van der Waals surface area contributed by atoms with E-state index in [0.717, 1.165) is 6.20 Å². The summed E-state index contributed by atoms with van der Waals surface area (Å²) in [7, 11) is 1.69. The van der Waals surface area contributed by atoms with Gasteiger partial charge in [-0.05, 0) is 24.3 Å². The summed E-state index contributed by atoms with van der Waals surface area (Å²) in [5, 5.41) is 5.78. The second-order valence-corrected chi connectivity index (χ2v) is 4.19. The van der Waals surface area contributed by atoms with E-state index in [2.05, 4.69) is 15.6 Å². The Hall–Kier alpha value is -2.14. The number of anilines is 2. The standard InChI is InChI=1S/C13H11ClFN3O/c1-16-11-3-2-8(14)6-9(11)13(19)18-12-4-5-17-7-10(12)15/h2-7,16H,1H3,(H,17,18,19). The molecule has 4 nitrogen and oxygen atoms in total. The lowest BCUT2D eigenvalue weighted by molar-refractivity contribution is 0.102. The molecule has 1 aromatic carbocycles. The third kappa shape index (κ3) is 3.00. The van der Waals surface area contributed by atoms with Crippen LogP contribution in [0.1, 0.15) is 10.4 Å². The number of nitrogens with zero attached hydrogens (tertiary/aromatic N) is 1. The smallest absolute Gasteiger partial charge is 0.257 e. The lowest BCUT2D eigenvalue weighted by atomic mass is 10.1. The predicted molar refractivity (Wildman–Crippen MR) is 73.1 cm³/mol. The third-order valence-corrected chi connectivity index (χ3v) is 2.75. The molecule has 0 aliphatic rings. The molecule has 0 aliphatic carbocycles. The molecule has 6 heteroatoms. The van der Waals surface area contributed by atoms with E-state index in [1.807, 2.05) is 0 Å². The molecule has 0 bridgehead atoms. The van der Waals surface area contributed by atoms with Crippen molar-refractivity contribution in [2.45, 2.75) is 0 Å². The molecule has 0 radical (unpaired) electrons. The van der Waals surface area contributed by atoms with Crippen LogP contribution >= 0.6 is 11.6 Å². The maximum Gasteiger partial charge on any atom is 0.257 e. The highest BCUT2D eigenvalue weighted by Crippen LogP contribution is 2.22. The van der Waals surface area contributed by atoms with E-state index < -0.39 is 11.7 Å². The van der Waals surface area contributed by atoms with E-state index in [4.69, 9.17) is 11.6 Å². The Balaban J connectivity index is 2.30. The molecule has 1 amide bonds. The molecule has 0 saturated heterocycles. The minimum absolute atomic E-state index is 0.0713. The Bertz CT molecular complexity index is 619. The monoisotopic (exact) mass is 279 g/mol. The van der Waals surface area contributed by atoms with E-state index in [9.17, 15) is 9.18 Å². The summed E-state index contributed by atoms with van der Waals surface area (Å²) in [6.07, 6.45) is 2.43. The SMILES string of the molecule is CNc1ccc(Cl)cc1C(=O)Nc1ccncc1F. The minimum atomic E-state index is -0.594. The van der Waals surface area contributed by atoms with Crippen LogP contribution in [0, 0.1) is 5.82 Å². The van der Waals surface area contributed by atoms with E-state index in [0.29, 0.717) is 16.3 Å². The fourth-order valence-electron chi connectivity index (χ4n) is 1.59. The van der Waals surface area contributed by atoms with Crippen molar-refractivity contribution < 1.29 is 9.18 Å². The van der Waals surface area contributed by atoms with Crippen molar-refractivity contribution in [1.82, 2.24) is 4.98 Å². The molecule has 0 saturated carbocycles. The minimum Gasteiger partial charge on any atom is -0.387 e. The van der Waals surface area contributed by atoms with Crippen molar-refractivity contribution in [3.05, 3.63) is 53.1 Å². The number of carbonyl (C=O) groups is 1. The first-order valence-corrected chi connectivity index (χ1v) is 5.88. The fourth-order valence-corrected chi connectivity index (χ4v) is 1.76. The number of halogens is 2. The maximum atomic E-state index is 13.4. The first kappa shape index (κ1) is 13.3.